The van der Waals surface area contributed by atoms with E-state index in [9.17, 15) is 0 Å². The summed E-state index contributed by atoms with van der Waals surface area (Å²) in [4.78, 5) is 0. The van der Waals surface area contributed by atoms with Crippen molar-refractivity contribution < 1.29 is 9.47 Å². The smallest absolute Gasteiger partial charge is 0.150 e. The van der Waals surface area contributed by atoms with E-state index in [0.717, 1.165) is 35.9 Å². The molecule has 1 aliphatic rings. The van der Waals surface area contributed by atoms with Gasteiger partial charge in [0.2, 0.25) is 0 Å². The standard InChI is InChI=1S/C17H19NO2/c1-2-19-14-8-10-15(11-9-14)20-16-7-3-5-13-6-4-12-18-17(13)16/h3,5,7-11,18H,2,4,6,12H2,1H3. The van der Waals surface area contributed by atoms with E-state index in [1.165, 1.54) is 12.0 Å². The molecule has 0 atom stereocenters. The highest BCUT2D eigenvalue weighted by atomic mass is 16.5. The molecular formula is C17H19NO2. The van der Waals surface area contributed by atoms with Crippen LogP contribution in [0, 0.1) is 0 Å². The topological polar surface area (TPSA) is 30.5 Å². The summed E-state index contributed by atoms with van der Waals surface area (Å²) >= 11 is 0. The van der Waals surface area contributed by atoms with Gasteiger partial charge in [-0.1, -0.05) is 12.1 Å². The molecule has 1 N–H and O–H groups in total. The average molecular weight is 269 g/mol. The first-order valence-electron chi connectivity index (χ1n) is 7.13. The third-order valence-electron chi connectivity index (χ3n) is 3.40. The van der Waals surface area contributed by atoms with Gasteiger partial charge in [0.1, 0.15) is 11.5 Å². The maximum Gasteiger partial charge on any atom is 0.150 e. The number of anilines is 1. The molecule has 3 rings (SSSR count). The zero-order chi connectivity index (χ0) is 13.8. The molecule has 0 saturated heterocycles. The third-order valence-corrected chi connectivity index (χ3v) is 3.40. The Morgan fingerprint density at radius 1 is 1.05 bits per heavy atom. The van der Waals surface area contributed by atoms with Crippen LogP contribution in [-0.2, 0) is 6.42 Å². The van der Waals surface area contributed by atoms with Crippen LogP contribution in [0.2, 0.25) is 0 Å². The summed E-state index contributed by atoms with van der Waals surface area (Å²) in [5, 5.41) is 3.43. The van der Waals surface area contributed by atoms with E-state index >= 15 is 0 Å². The Morgan fingerprint density at radius 2 is 1.85 bits per heavy atom. The summed E-state index contributed by atoms with van der Waals surface area (Å²) in [5.41, 5.74) is 2.47. The van der Waals surface area contributed by atoms with Gasteiger partial charge in [0.05, 0.1) is 12.3 Å². The Morgan fingerprint density at radius 3 is 2.65 bits per heavy atom. The minimum Gasteiger partial charge on any atom is -0.494 e. The largest absolute Gasteiger partial charge is 0.494 e. The fourth-order valence-electron chi connectivity index (χ4n) is 2.46. The predicted molar refractivity (Wildman–Crippen MR) is 80.9 cm³/mol. The van der Waals surface area contributed by atoms with E-state index < -0.39 is 0 Å². The van der Waals surface area contributed by atoms with Crippen molar-refractivity contribution >= 4 is 5.69 Å². The summed E-state index contributed by atoms with van der Waals surface area (Å²) < 4.78 is 11.4. The van der Waals surface area contributed by atoms with Crippen LogP contribution >= 0.6 is 0 Å². The van der Waals surface area contributed by atoms with Crippen LogP contribution in [0.4, 0.5) is 5.69 Å². The molecule has 2 aromatic carbocycles. The lowest BCUT2D eigenvalue weighted by Gasteiger charge is -2.21. The molecule has 0 bridgehead atoms. The zero-order valence-corrected chi connectivity index (χ0v) is 11.7. The first-order chi connectivity index (χ1) is 9.86. The minimum atomic E-state index is 0.677. The molecule has 0 amide bonds. The first kappa shape index (κ1) is 12.9. The number of rotatable bonds is 4. The van der Waals surface area contributed by atoms with Gasteiger partial charge in [-0.2, -0.15) is 0 Å². The summed E-state index contributed by atoms with van der Waals surface area (Å²) in [6.45, 7) is 3.67. The molecule has 0 fully saturated rings. The highest BCUT2D eigenvalue weighted by molar-refractivity contribution is 5.64. The Bertz CT molecular complexity index is 578. The van der Waals surface area contributed by atoms with Crippen molar-refractivity contribution in [3.63, 3.8) is 0 Å². The highest BCUT2D eigenvalue weighted by Crippen LogP contribution is 2.35. The molecular weight excluding hydrogens is 250 g/mol. The maximum absolute atomic E-state index is 5.99. The van der Waals surface area contributed by atoms with Gasteiger partial charge in [-0.05, 0) is 55.7 Å². The molecule has 3 nitrogen and oxygen atoms in total. The van der Waals surface area contributed by atoms with Gasteiger partial charge >= 0.3 is 0 Å². The fourth-order valence-corrected chi connectivity index (χ4v) is 2.46. The van der Waals surface area contributed by atoms with E-state index in [2.05, 4.69) is 17.4 Å². The van der Waals surface area contributed by atoms with Crippen molar-refractivity contribution in [1.29, 1.82) is 0 Å². The molecule has 0 saturated carbocycles. The van der Waals surface area contributed by atoms with E-state index in [1.807, 2.05) is 37.3 Å². The van der Waals surface area contributed by atoms with Crippen LogP contribution in [0.15, 0.2) is 42.5 Å². The van der Waals surface area contributed by atoms with Gasteiger partial charge in [0, 0.05) is 6.54 Å². The van der Waals surface area contributed by atoms with Gasteiger partial charge in [0.15, 0.2) is 5.75 Å². The number of hydrogen-bond acceptors (Lipinski definition) is 3. The molecule has 0 aliphatic carbocycles. The van der Waals surface area contributed by atoms with Crippen molar-refractivity contribution in [2.45, 2.75) is 19.8 Å². The van der Waals surface area contributed by atoms with Crippen LogP contribution in [0.25, 0.3) is 0 Å². The monoisotopic (exact) mass is 269 g/mol. The second kappa shape index (κ2) is 5.87. The van der Waals surface area contributed by atoms with Gasteiger partial charge in [-0.15, -0.1) is 0 Å². The SMILES string of the molecule is CCOc1ccc(Oc2cccc3c2NCCC3)cc1. The van der Waals surface area contributed by atoms with Crippen molar-refractivity contribution in [3.8, 4) is 17.2 Å². The maximum atomic E-state index is 5.99. The lowest BCUT2D eigenvalue weighted by Crippen LogP contribution is -2.12. The number of hydrogen-bond donors (Lipinski definition) is 1. The van der Waals surface area contributed by atoms with E-state index in [-0.39, 0.29) is 0 Å². The lowest BCUT2D eigenvalue weighted by molar-refractivity contribution is 0.339. The quantitative estimate of drug-likeness (QED) is 0.900. The molecule has 0 unspecified atom stereocenters. The molecule has 0 aromatic heterocycles. The van der Waals surface area contributed by atoms with Crippen molar-refractivity contribution in [2.24, 2.45) is 0 Å². The fraction of sp³-hybridized carbons (Fsp3) is 0.294. The Kier molecular flexibility index (Phi) is 3.77. The van der Waals surface area contributed by atoms with Crippen LogP contribution in [0.1, 0.15) is 18.9 Å². The second-order valence-electron chi connectivity index (χ2n) is 4.83. The molecule has 20 heavy (non-hydrogen) atoms. The summed E-state index contributed by atoms with van der Waals surface area (Å²) in [6.07, 6.45) is 2.29. The molecule has 3 heteroatoms. The number of ether oxygens (including phenoxy) is 2. The number of nitrogens with one attached hydrogen (secondary N) is 1. The van der Waals surface area contributed by atoms with Gasteiger partial charge in [-0.25, -0.2) is 0 Å². The van der Waals surface area contributed by atoms with Gasteiger partial charge in [-0.3, -0.25) is 0 Å². The van der Waals surface area contributed by atoms with Gasteiger partial charge in [0.25, 0.3) is 0 Å². The van der Waals surface area contributed by atoms with E-state index in [4.69, 9.17) is 9.47 Å². The normalized spacial score (nSPS) is 13.2. The van der Waals surface area contributed by atoms with Crippen molar-refractivity contribution in [3.05, 3.63) is 48.0 Å². The van der Waals surface area contributed by atoms with E-state index in [1.54, 1.807) is 0 Å². The number of fused-ring (bicyclic) bond motifs is 1. The molecule has 1 heterocycles. The zero-order valence-electron chi connectivity index (χ0n) is 11.7. The van der Waals surface area contributed by atoms with Crippen LogP contribution < -0.4 is 14.8 Å². The second-order valence-corrected chi connectivity index (χ2v) is 4.83. The Hall–Kier alpha value is -2.16. The summed E-state index contributed by atoms with van der Waals surface area (Å²) in [5.74, 6) is 2.59. The van der Waals surface area contributed by atoms with Crippen LogP contribution in [0.5, 0.6) is 17.2 Å². The molecule has 0 spiro atoms. The number of para-hydroxylation sites is 1. The highest BCUT2D eigenvalue weighted by Gasteiger charge is 2.13. The Balaban J connectivity index is 1.80. The molecule has 104 valence electrons. The number of aryl methyl sites for hydroxylation is 1. The van der Waals surface area contributed by atoms with Gasteiger partial charge < -0.3 is 14.8 Å². The van der Waals surface area contributed by atoms with Crippen LogP contribution in [-0.4, -0.2) is 13.2 Å². The average Bonchev–Trinajstić information content (AvgIpc) is 2.50. The summed E-state index contributed by atoms with van der Waals surface area (Å²) in [7, 11) is 0. The molecule has 0 radical (unpaired) electrons. The van der Waals surface area contributed by atoms with Crippen molar-refractivity contribution in [2.75, 3.05) is 18.5 Å². The molecule has 2 aromatic rings. The van der Waals surface area contributed by atoms with E-state index in [0.29, 0.717) is 6.61 Å². The minimum absolute atomic E-state index is 0.677. The van der Waals surface area contributed by atoms with Crippen molar-refractivity contribution in [1.82, 2.24) is 0 Å². The first-order valence-corrected chi connectivity index (χ1v) is 7.13. The third kappa shape index (κ3) is 2.72. The summed E-state index contributed by atoms with van der Waals surface area (Å²) in [6, 6.07) is 14.0. The Labute approximate surface area is 119 Å². The lowest BCUT2D eigenvalue weighted by atomic mass is 10.0. The molecule has 1 aliphatic heterocycles. The number of benzene rings is 2. The predicted octanol–water partition coefficient (Wildman–Crippen LogP) is 4.24. The van der Waals surface area contributed by atoms with Crippen LogP contribution in [0.3, 0.4) is 0 Å².